The molecule has 0 aromatic rings. The molecule has 4 aliphatic rings. The maximum absolute atomic E-state index is 2.84. The zero-order valence-corrected chi connectivity index (χ0v) is 22.6. The van der Waals surface area contributed by atoms with E-state index in [1.54, 1.807) is 0 Å². The number of nitrogens with zero attached hydrogens (tertiary/aromatic N) is 4. The molecule has 0 N–H and O–H groups in total. The summed E-state index contributed by atoms with van der Waals surface area (Å²) in [5, 5.41) is 0. The van der Waals surface area contributed by atoms with Gasteiger partial charge in [-0.1, -0.05) is 0 Å². The van der Waals surface area contributed by atoms with E-state index in [1.807, 2.05) is 0 Å². The first-order chi connectivity index (χ1) is 15.0. The maximum Gasteiger partial charge on any atom is 0.0168 e. The fraction of sp³-hybridized carbons (Fsp3) is 1.00. The van der Waals surface area contributed by atoms with Gasteiger partial charge in [-0.15, -0.1) is 0 Å². The summed E-state index contributed by atoms with van der Waals surface area (Å²) in [5.41, 5.74) is 1.56. The van der Waals surface area contributed by atoms with E-state index < -0.39 is 0 Å². The molecule has 0 amide bonds. The van der Waals surface area contributed by atoms with Crippen LogP contribution in [0.3, 0.4) is 0 Å². The van der Waals surface area contributed by atoms with Crippen LogP contribution in [0.15, 0.2) is 0 Å². The lowest BCUT2D eigenvalue weighted by Crippen LogP contribution is -2.54. The summed E-state index contributed by atoms with van der Waals surface area (Å²) in [7, 11) is 0. The second kappa shape index (κ2) is 9.47. The lowest BCUT2D eigenvalue weighted by molar-refractivity contribution is 0.00696. The third-order valence-corrected chi connectivity index (χ3v) is 10.4. The molecule has 4 rings (SSSR count). The zero-order chi connectivity index (χ0) is 23.1. The Morgan fingerprint density at radius 3 is 1.34 bits per heavy atom. The fourth-order valence-corrected chi connectivity index (χ4v) is 7.64. The van der Waals surface area contributed by atoms with Crippen LogP contribution in [0.1, 0.15) is 93.4 Å². The van der Waals surface area contributed by atoms with Gasteiger partial charge in [-0.3, -0.25) is 4.90 Å². The van der Waals surface area contributed by atoms with Crippen LogP contribution in [0.2, 0.25) is 0 Å². The molecule has 2 spiro atoms. The van der Waals surface area contributed by atoms with Crippen LogP contribution in [0.25, 0.3) is 0 Å². The molecule has 4 heterocycles. The minimum absolute atomic E-state index is 0.314. The largest absolute Gasteiger partial charge is 0.301 e. The summed E-state index contributed by atoms with van der Waals surface area (Å²) < 4.78 is 0. The normalized spacial score (nSPS) is 29.2. The maximum atomic E-state index is 2.84. The van der Waals surface area contributed by atoms with Gasteiger partial charge in [-0.2, -0.15) is 0 Å². The lowest BCUT2D eigenvalue weighted by atomic mass is 9.75. The van der Waals surface area contributed by atoms with Crippen LogP contribution in [0.4, 0.5) is 0 Å². The van der Waals surface area contributed by atoms with E-state index in [4.69, 9.17) is 0 Å². The molecule has 4 aliphatic heterocycles. The molecule has 0 aromatic heterocycles. The van der Waals surface area contributed by atoms with Gasteiger partial charge in [0.25, 0.3) is 0 Å². The van der Waals surface area contributed by atoms with Gasteiger partial charge in [0.15, 0.2) is 0 Å². The Kier molecular flexibility index (Phi) is 7.39. The molecular formula is C28H54N4. The predicted octanol–water partition coefficient (Wildman–Crippen LogP) is 4.94. The molecule has 1 unspecified atom stereocenters. The monoisotopic (exact) mass is 446 g/mol. The molecule has 32 heavy (non-hydrogen) atoms. The average molecular weight is 447 g/mol. The predicted molar refractivity (Wildman–Crippen MR) is 137 cm³/mol. The molecule has 4 nitrogen and oxygen atoms in total. The lowest BCUT2D eigenvalue weighted by Gasteiger charge is -2.49. The number of hydrogen-bond donors (Lipinski definition) is 0. The zero-order valence-electron chi connectivity index (χ0n) is 22.6. The van der Waals surface area contributed by atoms with Crippen LogP contribution in [-0.2, 0) is 0 Å². The molecule has 0 bridgehead atoms. The fourth-order valence-electron chi connectivity index (χ4n) is 7.64. The van der Waals surface area contributed by atoms with Crippen molar-refractivity contribution in [2.75, 3.05) is 52.4 Å². The van der Waals surface area contributed by atoms with Gasteiger partial charge in [0.1, 0.15) is 0 Å². The molecule has 0 aromatic carbocycles. The van der Waals surface area contributed by atoms with Crippen LogP contribution in [0.5, 0.6) is 0 Å². The molecule has 0 aliphatic carbocycles. The second-order valence-corrected chi connectivity index (χ2v) is 13.5. The quantitative estimate of drug-likeness (QED) is 0.573. The van der Waals surface area contributed by atoms with E-state index in [0.29, 0.717) is 34.5 Å². The van der Waals surface area contributed by atoms with E-state index in [1.165, 1.54) is 97.3 Å². The number of hydrogen-bond acceptors (Lipinski definition) is 4. The van der Waals surface area contributed by atoms with Gasteiger partial charge in [-0.25, -0.2) is 0 Å². The third kappa shape index (κ3) is 5.24. The van der Waals surface area contributed by atoms with Crippen molar-refractivity contribution in [3.05, 3.63) is 0 Å². The van der Waals surface area contributed by atoms with Gasteiger partial charge in [0.05, 0.1) is 0 Å². The van der Waals surface area contributed by atoms with Crippen molar-refractivity contribution in [3.8, 4) is 0 Å². The van der Waals surface area contributed by atoms with Crippen LogP contribution < -0.4 is 0 Å². The molecule has 1 atom stereocenters. The van der Waals surface area contributed by atoms with Crippen molar-refractivity contribution in [2.45, 2.75) is 117 Å². The molecule has 186 valence electrons. The third-order valence-electron chi connectivity index (χ3n) is 10.4. The Hall–Kier alpha value is -0.160. The van der Waals surface area contributed by atoms with E-state index in [9.17, 15) is 0 Å². The highest BCUT2D eigenvalue weighted by Gasteiger charge is 2.45. The van der Waals surface area contributed by atoms with Gasteiger partial charge >= 0.3 is 0 Å². The van der Waals surface area contributed by atoms with Gasteiger partial charge in [0, 0.05) is 36.8 Å². The van der Waals surface area contributed by atoms with Gasteiger partial charge in [-0.05, 0) is 144 Å². The molecule has 4 saturated heterocycles. The molecule has 4 heteroatoms. The van der Waals surface area contributed by atoms with Crippen molar-refractivity contribution < 1.29 is 0 Å². The average Bonchev–Trinajstić information content (AvgIpc) is 3.34. The van der Waals surface area contributed by atoms with E-state index in [-0.39, 0.29) is 0 Å². The van der Waals surface area contributed by atoms with E-state index in [0.717, 1.165) is 0 Å². The number of likely N-dealkylation sites (tertiary alicyclic amines) is 4. The van der Waals surface area contributed by atoms with Crippen molar-refractivity contribution in [1.82, 2.24) is 19.6 Å². The second-order valence-electron chi connectivity index (χ2n) is 13.5. The smallest absolute Gasteiger partial charge is 0.0168 e. The topological polar surface area (TPSA) is 13.0 Å². The first kappa shape index (κ1) is 24.9. The van der Waals surface area contributed by atoms with E-state index >= 15 is 0 Å². The Bertz CT molecular complexity index is 611. The summed E-state index contributed by atoms with van der Waals surface area (Å²) in [6.45, 7) is 27.6. The highest BCUT2D eigenvalue weighted by atomic mass is 15.2. The van der Waals surface area contributed by atoms with Crippen LogP contribution >= 0.6 is 0 Å². The van der Waals surface area contributed by atoms with Crippen LogP contribution in [-0.4, -0.2) is 95.6 Å². The Balaban J connectivity index is 1.24. The SMILES string of the molecule is CC(C)N1CCC2(CCN(C(C)CC(C)(C)N3CCC4(CCN(C(C)C)C4)CC3)CC2)C1. The number of rotatable bonds is 6. The summed E-state index contributed by atoms with van der Waals surface area (Å²) in [6.07, 6.45) is 9.82. The summed E-state index contributed by atoms with van der Waals surface area (Å²) >= 11 is 0. The molecule has 4 fully saturated rings. The molecule has 0 radical (unpaired) electrons. The Morgan fingerprint density at radius 1 is 0.594 bits per heavy atom. The number of piperidine rings is 2. The summed E-state index contributed by atoms with van der Waals surface area (Å²) in [4.78, 5) is 11.1. The van der Waals surface area contributed by atoms with Crippen molar-refractivity contribution in [3.63, 3.8) is 0 Å². The van der Waals surface area contributed by atoms with Crippen LogP contribution in [0, 0.1) is 10.8 Å². The van der Waals surface area contributed by atoms with Gasteiger partial charge in [0.2, 0.25) is 0 Å². The highest BCUT2D eigenvalue weighted by molar-refractivity contribution is 4.99. The Morgan fingerprint density at radius 2 is 0.969 bits per heavy atom. The minimum Gasteiger partial charge on any atom is -0.301 e. The molecule has 0 saturated carbocycles. The molecular weight excluding hydrogens is 392 g/mol. The summed E-state index contributed by atoms with van der Waals surface area (Å²) in [5.74, 6) is 0. The van der Waals surface area contributed by atoms with Gasteiger partial charge < -0.3 is 14.7 Å². The van der Waals surface area contributed by atoms with E-state index in [2.05, 4.69) is 68.1 Å². The van der Waals surface area contributed by atoms with Crippen molar-refractivity contribution in [2.24, 2.45) is 10.8 Å². The summed E-state index contributed by atoms with van der Waals surface area (Å²) in [6, 6.07) is 2.13. The minimum atomic E-state index is 0.314. The Labute approximate surface area is 200 Å². The van der Waals surface area contributed by atoms with Crippen molar-refractivity contribution in [1.29, 1.82) is 0 Å². The van der Waals surface area contributed by atoms with Crippen molar-refractivity contribution >= 4 is 0 Å². The first-order valence-electron chi connectivity index (χ1n) is 14.0. The standard InChI is InChI=1S/C28H54N4/c1-23(2)30-16-10-27(21-30)8-14-29(15-9-27)25(5)20-26(6,7)32-18-12-28(13-19-32)11-17-31(22-28)24(3)4/h23-25H,8-22H2,1-7H3. The highest BCUT2D eigenvalue weighted by Crippen LogP contribution is 2.44. The first-order valence-corrected chi connectivity index (χ1v) is 14.0.